The van der Waals surface area contributed by atoms with E-state index in [9.17, 15) is 4.79 Å². The number of hydrogen-bond donors (Lipinski definition) is 1. The molecule has 138 valence electrons. The normalized spacial score (nSPS) is 16.0. The van der Waals surface area contributed by atoms with Crippen molar-refractivity contribution in [2.24, 2.45) is 0 Å². The van der Waals surface area contributed by atoms with Gasteiger partial charge in [-0.05, 0) is 24.6 Å². The zero-order valence-electron chi connectivity index (χ0n) is 14.9. The molecule has 0 spiro atoms. The van der Waals surface area contributed by atoms with Crippen molar-refractivity contribution in [2.45, 2.75) is 23.5 Å². The number of carbonyl (C=O) groups excluding carboxylic acids is 1. The fourth-order valence-electron chi connectivity index (χ4n) is 2.84. The van der Waals surface area contributed by atoms with Crippen molar-refractivity contribution in [2.75, 3.05) is 31.0 Å². The highest BCUT2D eigenvalue weighted by molar-refractivity contribution is 8.00. The quantitative estimate of drug-likeness (QED) is 0.769. The van der Waals surface area contributed by atoms with Gasteiger partial charge in [-0.3, -0.25) is 4.90 Å². The van der Waals surface area contributed by atoms with Crippen LogP contribution in [0.5, 0.6) is 11.5 Å². The maximum atomic E-state index is 13.0. The minimum atomic E-state index is -0.212. The van der Waals surface area contributed by atoms with Crippen molar-refractivity contribution in [3.63, 3.8) is 0 Å². The van der Waals surface area contributed by atoms with Crippen LogP contribution in [0.3, 0.4) is 0 Å². The monoisotopic (exact) mass is 392 g/mol. The van der Waals surface area contributed by atoms with E-state index in [2.05, 4.69) is 12.2 Å². The Kier molecular flexibility index (Phi) is 5.84. The smallest absolute Gasteiger partial charge is 0.326 e. The second-order valence-corrected chi connectivity index (χ2v) is 7.59. The van der Waals surface area contributed by atoms with Crippen molar-refractivity contribution >= 4 is 40.8 Å². The van der Waals surface area contributed by atoms with Gasteiger partial charge in [-0.1, -0.05) is 30.7 Å². The van der Waals surface area contributed by atoms with Gasteiger partial charge in [0.2, 0.25) is 0 Å². The Hall–Kier alpha value is -2.05. The first-order chi connectivity index (χ1) is 12.6. The SMILES string of the molecule is CC[C@H]1CN(C(=O)Nc2cc(Cl)c(OC)cc2OC)c2ccccc2S1. The molecule has 0 bridgehead atoms. The number of anilines is 2. The molecule has 5 nitrogen and oxygen atoms in total. The van der Waals surface area contributed by atoms with Crippen molar-refractivity contribution < 1.29 is 14.3 Å². The number of thioether (sulfide) groups is 1. The fraction of sp³-hybridized carbons (Fsp3) is 0.316. The first-order valence-electron chi connectivity index (χ1n) is 8.33. The molecule has 1 heterocycles. The summed E-state index contributed by atoms with van der Waals surface area (Å²) in [5.74, 6) is 0.985. The van der Waals surface area contributed by atoms with E-state index in [4.69, 9.17) is 21.1 Å². The molecule has 0 unspecified atom stereocenters. The third-order valence-corrected chi connectivity index (χ3v) is 5.96. The van der Waals surface area contributed by atoms with Crippen LogP contribution >= 0.6 is 23.4 Å². The molecule has 2 amide bonds. The Morgan fingerprint density at radius 2 is 2.00 bits per heavy atom. The number of methoxy groups -OCH3 is 2. The molecule has 0 radical (unpaired) electrons. The van der Waals surface area contributed by atoms with Crippen molar-refractivity contribution in [3.05, 3.63) is 41.4 Å². The largest absolute Gasteiger partial charge is 0.495 e. The summed E-state index contributed by atoms with van der Waals surface area (Å²) in [6.45, 7) is 2.78. The highest BCUT2D eigenvalue weighted by Gasteiger charge is 2.28. The van der Waals surface area contributed by atoms with Crippen molar-refractivity contribution in [3.8, 4) is 11.5 Å². The topological polar surface area (TPSA) is 50.8 Å². The Labute approximate surface area is 162 Å². The summed E-state index contributed by atoms with van der Waals surface area (Å²) < 4.78 is 10.6. The number of amides is 2. The molecular weight excluding hydrogens is 372 g/mol. The summed E-state index contributed by atoms with van der Waals surface area (Å²) in [7, 11) is 3.07. The van der Waals surface area contributed by atoms with Gasteiger partial charge in [0.15, 0.2) is 0 Å². The third-order valence-electron chi connectivity index (χ3n) is 4.25. The van der Waals surface area contributed by atoms with E-state index in [1.165, 1.54) is 14.2 Å². The molecule has 0 saturated heterocycles. The van der Waals surface area contributed by atoms with Gasteiger partial charge in [-0.2, -0.15) is 0 Å². The van der Waals surface area contributed by atoms with Crippen LogP contribution in [0.1, 0.15) is 13.3 Å². The summed E-state index contributed by atoms with van der Waals surface area (Å²) in [4.78, 5) is 15.9. The van der Waals surface area contributed by atoms with Crippen molar-refractivity contribution in [1.82, 2.24) is 0 Å². The highest BCUT2D eigenvalue weighted by Crippen LogP contribution is 2.40. The van der Waals surface area contributed by atoms with Crippen LogP contribution in [-0.4, -0.2) is 32.0 Å². The Morgan fingerprint density at radius 1 is 1.27 bits per heavy atom. The number of ether oxygens (including phenoxy) is 2. The lowest BCUT2D eigenvalue weighted by atomic mass is 10.2. The van der Waals surface area contributed by atoms with Gasteiger partial charge >= 0.3 is 6.03 Å². The molecule has 7 heteroatoms. The molecule has 0 saturated carbocycles. The number of nitrogens with one attached hydrogen (secondary N) is 1. The second-order valence-electron chi connectivity index (χ2n) is 5.84. The molecule has 0 aromatic heterocycles. The van der Waals surface area contributed by atoms with Gasteiger partial charge in [0, 0.05) is 22.8 Å². The average Bonchev–Trinajstić information content (AvgIpc) is 2.67. The van der Waals surface area contributed by atoms with Crippen LogP contribution in [0.25, 0.3) is 0 Å². The van der Waals surface area contributed by atoms with E-state index in [-0.39, 0.29) is 6.03 Å². The fourth-order valence-corrected chi connectivity index (χ4v) is 4.29. The lowest BCUT2D eigenvalue weighted by Gasteiger charge is -2.33. The summed E-state index contributed by atoms with van der Waals surface area (Å²) in [6, 6.07) is 11.0. The summed E-state index contributed by atoms with van der Waals surface area (Å²) >= 11 is 8.02. The number of urea groups is 1. The molecule has 0 fully saturated rings. The molecule has 1 aliphatic rings. The number of benzene rings is 2. The summed E-state index contributed by atoms with van der Waals surface area (Å²) in [5.41, 5.74) is 1.42. The zero-order chi connectivity index (χ0) is 18.7. The van der Waals surface area contributed by atoms with Crippen LogP contribution in [0.15, 0.2) is 41.3 Å². The standard InChI is InChI=1S/C19H21ClN2O3S/c1-4-12-11-22(15-7-5-6-8-18(15)26-12)19(23)21-14-9-13(20)16(24-2)10-17(14)25-3/h5-10,12H,4,11H2,1-3H3,(H,21,23)/t12-/m0/s1. The number of halogens is 1. The van der Waals surface area contributed by atoms with Gasteiger partial charge < -0.3 is 14.8 Å². The number of hydrogen-bond acceptors (Lipinski definition) is 4. The van der Waals surface area contributed by atoms with E-state index in [0.29, 0.717) is 34.0 Å². The van der Waals surface area contributed by atoms with Gasteiger partial charge in [-0.25, -0.2) is 4.79 Å². The average molecular weight is 393 g/mol. The van der Waals surface area contributed by atoms with Crippen LogP contribution < -0.4 is 19.7 Å². The molecule has 1 N–H and O–H groups in total. The van der Waals surface area contributed by atoms with Gasteiger partial charge in [-0.15, -0.1) is 11.8 Å². The molecule has 1 atom stereocenters. The van der Waals surface area contributed by atoms with Crippen LogP contribution in [0, 0.1) is 0 Å². The first kappa shape index (κ1) is 18.7. The summed E-state index contributed by atoms with van der Waals surface area (Å²) in [5, 5.41) is 3.69. The van der Waals surface area contributed by atoms with Gasteiger partial charge in [0.1, 0.15) is 11.5 Å². The van der Waals surface area contributed by atoms with E-state index >= 15 is 0 Å². The molecule has 2 aromatic rings. The van der Waals surface area contributed by atoms with E-state index < -0.39 is 0 Å². The Morgan fingerprint density at radius 3 is 2.69 bits per heavy atom. The molecule has 26 heavy (non-hydrogen) atoms. The summed E-state index contributed by atoms with van der Waals surface area (Å²) in [6.07, 6.45) is 0.987. The van der Waals surface area contributed by atoms with Crippen LogP contribution in [0.4, 0.5) is 16.2 Å². The molecule has 3 rings (SSSR count). The van der Waals surface area contributed by atoms with E-state index in [1.54, 1.807) is 17.0 Å². The lowest BCUT2D eigenvalue weighted by Crippen LogP contribution is -2.41. The number of nitrogens with zero attached hydrogens (tertiary/aromatic N) is 1. The zero-order valence-corrected chi connectivity index (χ0v) is 16.5. The maximum Gasteiger partial charge on any atom is 0.326 e. The van der Waals surface area contributed by atoms with Crippen LogP contribution in [0.2, 0.25) is 5.02 Å². The lowest BCUT2D eigenvalue weighted by molar-refractivity contribution is 0.256. The Bertz CT molecular complexity index is 815. The van der Waals surface area contributed by atoms with Crippen molar-refractivity contribution in [1.29, 1.82) is 0 Å². The number of rotatable bonds is 4. The molecular formula is C19H21ClN2O3S. The number of fused-ring (bicyclic) bond motifs is 1. The van der Waals surface area contributed by atoms with Crippen LogP contribution in [-0.2, 0) is 0 Å². The minimum absolute atomic E-state index is 0.212. The van der Waals surface area contributed by atoms with Gasteiger partial charge in [0.25, 0.3) is 0 Å². The van der Waals surface area contributed by atoms with E-state index in [1.807, 2.05) is 36.0 Å². The molecule has 2 aromatic carbocycles. The Balaban J connectivity index is 1.90. The minimum Gasteiger partial charge on any atom is -0.495 e. The van der Waals surface area contributed by atoms with E-state index in [0.717, 1.165) is 17.0 Å². The van der Waals surface area contributed by atoms with Gasteiger partial charge in [0.05, 0.1) is 30.6 Å². The number of para-hydroxylation sites is 1. The maximum absolute atomic E-state index is 13.0. The highest BCUT2D eigenvalue weighted by atomic mass is 35.5. The molecule has 0 aliphatic carbocycles. The predicted octanol–water partition coefficient (Wildman–Crippen LogP) is 5.28. The molecule has 1 aliphatic heterocycles. The first-order valence-corrected chi connectivity index (χ1v) is 9.58. The third kappa shape index (κ3) is 3.71. The number of carbonyl (C=O) groups is 1. The predicted molar refractivity (Wildman–Crippen MR) is 107 cm³/mol. The second kappa shape index (κ2) is 8.10.